The minimum Gasteiger partial charge on any atom is -0.493 e. The van der Waals surface area contributed by atoms with Crippen molar-refractivity contribution in [2.24, 2.45) is 0 Å². The summed E-state index contributed by atoms with van der Waals surface area (Å²) in [4.78, 5) is 14.3. The number of ether oxygens (including phenoxy) is 1. The molecule has 0 saturated heterocycles. The zero-order valence-corrected chi connectivity index (χ0v) is 14.5. The summed E-state index contributed by atoms with van der Waals surface area (Å²) in [5.74, 6) is 0.476. The molecule has 6 heteroatoms. The topological polar surface area (TPSA) is 82.0 Å². The van der Waals surface area contributed by atoms with Crippen LogP contribution in [0.15, 0.2) is 24.3 Å². The van der Waals surface area contributed by atoms with Gasteiger partial charge < -0.3 is 20.3 Å². The number of carbonyl (C=O) groups is 1. The fourth-order valence-electron chi connectivity index (χ4n) is 2.32. The van der Waals surface area contributed by atoms with E-state index in [4.69, 9.17) is 14.9 Å². The van der Waals surface area contributed by atoms with Gasteiger partial charge in [-0.1, -0.05) is 25.5 Å². The lowest BCUT2D eigenvalue weighted by molar-refractivity contribution is 0.0945. The zero-order valence-electron chi connectivity index (χ0n) is 14.5. The Kier molecular flexibility index (Phi) is 10.8. The Hall–Kier alpha value is -1.63. The van der Waals surface area contributed by atoms with Crippen molar-refractivity contribution in [2.45, 2.75) is 26.2 Å². The number of aliphatic hydroxyl groups is 2. The number of para-hydroxylation sites is 1. The van der Waals surface area contributed by atoms with Crippen molar-refractivity contribution in [3.63, 3.8) is 0 Å². The summed E-state index contributed by atoms with van der Waals surface area (Å²) < 4.78 is 5.68. The quantitative estimate of drug-likeness (QED) is 0.472. The third-order valence-electron chi connectivity index (χ3n) is 3.66. The maximum absolute atomic E-state index is 12.3. The Labute approximate surface area is 144 Å². The van der Waals surface area contributed by atoms with Crippen LogP contribution in [0.25, 0.3) is 0 Å². The van der Waals surface area contributed by atoms with Gasteiger partial charge in [-0.25, -0.2) is 0 Å². The lowest BCUT2D eigenvalue weighted by atomic mass is 10.2. The van der Waals surface area contributed by atoms with E-state index in [2.05, 4.69) is 12.2 Å². The molecule has 1 aromatic rings. The van der Waals surface area contributed by atoms with Crippen molar-refractivity contribution >= 4 is 5.91 Å². The van der Waals surface area contributed by atoms with E-state index in [0.717, 1.165) is 25.8 Å². The molecule has 0 aliphatic heterocycles. The minimum absolute atomic E-state index is 0.0643. The largest absolute Gasteiger partial charge is 0.493 e. The highest BCUT2D eigenvalue weighted by molar-refractivity contribution is 5.96. The van der Waals surface area contributed by atoms with Gasteiger partial charge in [0.2, 0.25) is 0 Å². The Morgan fingerprint density at radius 3 is 2.50 bits per heavy atom. The first-order valence-electron chi connectivity index (χ1n) is 8.67. The van der Waals surface area contributed by atoms with Crippen LogP contribution in [0.4, 0.5) is 0 Å². The van der Waals surface area contributed by atoms with Crippen molar-refractivity contribution in [2.75, 3.05) is 46.0 Å². The van der Waals surface area contributed by atoms with Gasteiger partial charge in [-0.15, -0.1) is 0 Å². The van der Waals surface area contributed by atoms with Gasteiger partial charge in [0.05, 0.1) is 25.4 Å². The fourth-order valence-corrected chi connectivity index (χ4v) is 2.32. The molecule has 6 nitrogen and oxygen atoms in total. The number of aliphatic hydroxyl groups excluding tert-OH is 2. The van der Waals surface area contributed by atoms with Crippen LogP contribution in [0.3, 0.4) is 0 Å². The van der Waals surface area contributed by atoms with Gasteiger partial charge in [-0.3, -0.25) is 9.69 Å². The molecule has 0 atom stereocenters. The van der Waals surface area contributed by atoms with Crippen LogP contribution in [0.5, 0.6) is 5.75 Å². The molecule has 0 spiro atoms. The highest BCUT2D eigenvalue weighted by Gasteiger charge is 2.11. The summed E-state index contributed by atoms with van der Waals surface area (Å²) in [5, 5.41) is 20.8. The molecule has 1 rings (SSSR count). The highest BCUT2D eigenvalue weighted by Crippen LogP contribution is 2.18. The minimum atomic E-state index is -0.141. The molecule has 24 heavy (non-hydrogen) atoms. The third-order valence-corrected chi connectivity index (χ3v) is 3.66. The molecule has 0 aromatic heterocycles. The SMILES string of the molecule is CCCCOc1ccccc1C(=O)NCCCN(CCO)CCO. The van der Waals surface area contributed by atoms with Crippen molar-refractivity contribution in [1.82, 2.24) is 10.2 Å². The van der Waals surface area contributed by atoms with Crippen LogP contribution in [-0.2, 0) is 0 Å². The second kappa shape index (κ2) is 12.8. The molecule has 0 fully saturated rings. The van der Waals surface area contributed by atoms with Crippen LogP contribution in [0, 0.1) is 0 Å². The lowest BCUT2D eigenvalue weighted by Gasteiger charge is -2.20. The maximum atomic E-state index is 12.3. The number of rotatable bonds is 13. The molecule has 0 aliphatic rings. The zero-order chi connectivity index (χ0) is 17.6. The van der Waals surface area contributed by atoms with E-state index in [1.54, 1.807) is 6.07 Å². The summed E-state index contributed by atoms with van der Waals surface area (Å²) in [6.45, 7) is 5.15. The fraction of sp³-hybridized carbons (Fsp3) is 0.611. The summed E-state index contributed by atoms with van der Waals surface area (Å²) in [6, 6.07) is 7.26. The van der Waals surface area contributed by atoms with E-state index < -0.39 is 0 Å². The smallest absolute Gasteiger partial charge is 0.255 e. The Morgan fingerprint density at radius 1 is 1.12 bits per heavy atom. The molecular formula is C18H30N2O4. The Bertz CT molecular complexity index is 462. The van der Waals surface area contributed by atoms with E-state index in [1.165, 1.54) is 0 Å². The second-order valence-corrected chi connectivity index (χ2v) is 5.60. The molecule has 0 unspecified atom stereocenters. The average Bonchev–Trinajstić information content (AvgIpc) is 2.59. The first kappa shape index (κ1) is 20.4. The highest BCUT2D eigenvalue weighted by atomic mass is 16.5. The molecule has 0 aliphatic carbocycles. The summed E-state index contributed by atoms with van der Waals surface area (Å²) in [6.07, 6.45) is 2.76. The molecule has 0 heterocycles. The van der Waals surface area contributed by atoms with Crippen LogP contribution >= 0.6 is 0 Å². The molecule has 0 saturated carbocycles. The molecular weight excluding hydrogens is 308 g/mol. The third kappa shape index (κ3) is 7.77. The van der Waals surface area contributed by atoms with Crippen LogP contribution < -0.4 is 10.1 Å². The number of nitrogens with zero attached hydrogens (tertiary/aromatic N) is 1. The van der Waals surface area contributed by atoms with E-state index in [1.807, 2.05) is 23.1 Å². The number of hydrogen-bond donors (Lipinski definition) is 3. The number of benzene rings is 1. The standard InChI is InChI=1S/C18H30N2O4/c1-2-3-15-24-17-8-5-4-7-16(17)18(23)19-9-6-10-20(11-13-21)12-14-22/h4-5,7-8,21-22H,2-3,6,9-15H2,1H3,(H,19,23). The molecule has 1 amide bonds. The van der Waals surface area contributed by atoms with Crippen LogP contribution in [-0.4, -0.2) is 67.0 Å². The molecule has 0 bridgehead atoms. The second-order valence-electron chi connectivity index (χ2n) is 5.60. The van der Waals surface area contributed by atoms with Gasteiger partial charge >= 0.3 is 0 Å². The first-order chi connectivity index (χ1) is 11.7. The van der Waals surface area contributed by atoms with Crippen LogP contribution in [0.1, 0.15) is 36.5 Å². The number of amides is 1. The number of hydrogen-bond acceptors (Lipinski definition) is 5. The van der Waals surface area contributed by atoms with Crippen molar-refractivity contribution in [3.8, 4) is 5.75 Å². The molecule has 136 valence electrons. The number of carbonyl (C=O) groups excluding carboxylic acids is 1. The van der Waals surface area contributed by atoms with Gasteiger partial charge in [-0.2, -0.15) is 0 Å². The van der Waals surface area contributed by atoms with Gasteiger partial charge in [-0.05, 0) is 31.5 Å². The van der Waals surface area contributed by atoms with Gasteiger partial charge in [0, 0.05) is 19.6 Å². The predicted molar refractivity (Wildman–Crippen MR) is 94.4 cm³/mol. The molecule has 0 radical (unpaired) electrons. The monoisotopic (exact) mass is 338 g/mol. The molecule has 3 N–H and O–H groups in total. The van der Waals surface area contributed by atoms with Crippen LogP contribution in [0.2, 0.25) is 0 Å². The number of nitrogens with one attached hydrogen (secondary N) is 1. The van der Waals surface area contributed by atoms with Gasteiger partial charge in [0.25, 0.3) is 5.91 Å². The van der Waals surface area contributed by atoms with Gasteiger partial charge in [0.15, 0.2) is 0 Å². The van der Waals surface area contributed by atoms with Crippen molar-refractivity contribution in [1.29, 1.82) is 0 Å². The summed E-state index contributed by atoms with van der Waals surface area (Å²) in [5.41, 5.74) is 0.552. The van der Waals surface area contributed by atoms with Crippen molar-refractivity contribution < 1.29 is 19.7 Å². The van der Waals surface area contributed by atoms with Crippen molar-refractivity contribution in [3.05, 3.63) is 29.8 Å². The normalized spacial score (nSPS) is 10.8. The average molecular weight is 338 g/mol. The predicted octanol–water partition coefficient (Wildman–Crippen LogP) is 1.27. The Balaban J connectivity index is 2.42. The van der Waals surface area contributed by atoms with E-state index in [0.29, 0.717) is 37.6 Å². The first-order valence-corrected chi connectivity index (χ1v) is 8.67. The van der Waals surface area contributed by atoms with E-state index in [-0.39, 0.29) is 19.1 Å². The summed E-state index contributed by atoms with van der Waals surface area (Å²) in [7, 11) is 0. The summed E-state index contributed by atoms with van der Waals surface area (Å²) >= 11 is 0. The van der Waals surface area contributed by atoms with E-state index in [9.17, 15) is 4.79 Å². The lowest BCUT2D eigenvalue weighted by Crippen LogP contribution is -2.33. The Morgan fingerprint density at radius 2 is 1.83 bits per heavy atom. The van der Waals surface area contributed by atoms with E-state index >= 15 is 0 Å². The number of unbranched alkanes of at least 4 members (excludes halogenated alkanes) is 1. The maximum Gasteiger partial charge on any atom is 0.255 e. The molecule has 1 aromatic carbocycles. The van der Waals surface area contributed by atoms with Gasteiger partial charge in [0.1, 0.15) is 5.75 Å².